The number of ether oxygens (including phenoxy) is 1. The summed E-state index contributed by atoms with van der Waals surface area (Å²) in [6.07, 6.45) is 0.103. The highest BCUT2D eigenvalue weighted by Gasteiger charge is 2.39. The van der Waals surface area contributed by atoms with E-state index < -0.39 is 36.0 Å². The molecule has 4 N–H and O–H groups in total. The first kappa shape index (κ1) is 26.2. The number of hydrogen-bond acceptors (Lipinski definition) is 5. The number of aliphatic hydroxyl groups excluding tert-OH is 3. The van der Waals surface area contributed by atoms with Crippen LogP contribution in [0.15, 0.2) is 36.4 Å². The van der Waals surface area contributed by atoms with Crippen molar-refractivity contribution >= 4 is 5.97 Å². The molecule has 2 rings (SSSR count). The zero-order chi connectivity index (χ0) is 23.7. The zero-order valence-corrected chi connectivity index (χ0v) is 17.7. The number of alkyl halides is 3. The Kier molecular flexibility index (Phi) is 9.99. The van der Waals surface area contributed by atoms with Gasteiger partial charge in [-0.15, -0.1) is 0 Å². The van der Waals surface area contributed by atoms with Crippen LogP contribution in [0.25, 0.3) is 0 Å². The molecule has 1 aliphatic rings. The quantitative estimate of drug-likeness (QED) is 0.279. The summed E-state index contributed by atoms with van der Waals surface area (Å²) >= 11 is 0. The molecular weight excluding hydrogens is 429 g/mol. The molecule has 0 heterocycles. The number of carboxylic acids is 1. The highest BCUT2D eigenvalue weighted by molar-refractivity contribution is 5.66. The van der Waals surface area contributed by atoms with E-state index in [0.29, 0.717) is 12.8 Å². The average molecular weight is 460 g/mol. The number of benzene rings is 1. The van der Waals surface area contributed by atoms with Crippen molar-refractivity contribution in [3.63, 3.8) is 0 Å². The maximum atomic E-state index is 12.8. The van der Waals surface area contributed by atoms with Gasteiger partial charge in [0.25, 0.3) is 0 Å². The van der Waals surface area contributed by atoms with E-state index in [9.17, 15) is 33.3 Å². The number of carboxylic acid groups (broad SMARTS) is 1. The molecule has 1 saturated carbocycles. The van der Waals surface area contributed by atoms with Gasteiger partial charge in [-0.3, -0.25) is 4.79 Å². The molecule has 1 fully saturated rings. The van der Waals surface area contributed by atoms with Gasteiger partial charge in [0.1, 0.15) is 18.5 Å². The molecule has 180 valence electrons. The molecule has 0 spiro atoms. The van der Waals surface area contributed by atoms with Crippen LogP contribution in [0.4, 0.5) is 13.2 Å². The molecule has 32 heavy (non-hydrogen) atoms. The summed E-state index contributed by atoms with van der Waals surface area (Å²) in [5, 5.41) is 39.3. The van der Waals surface area contributed by atoms with Crippen LogP contribution in [0.1, 0.15) is 50.5 Å². The van der Waals surface area contributed by atoms with Gasteiger partial charge in [-0.25, -0.2) is 0 Å². The predicted octanol–water partition coefficient (Wildman–Crippen LogP) is 3.78. The van der Waals surface area contributed by atoms with E-state index in [1.807, 2.05) is 0 Å². The van der Waals surface area contributed by atoms with Crippen LogP contribution in [0.5, 0.6) is 5.75 Å². The average Bonchev–Trinajstić information content (AvgIpc) is 2.99. The topological polar surface area (TPSA) is 107 Å². The zero-order valence-electron chi connectivity index (χ0n) is 17.7. The number of carbonyl (C=O) groups is 1. The molecule has 1 aromatic rings. The number of halogens is 3. The minimum absolute atomic E-state index is 0.00984. The van der Waals surface area contributed by atoms with Gasteiger partial charge >= 0.3 is 12.1 Å². The molecule has 0 aliphatic heterocycles. The third kappa shape index (κ3) is 8.44. The molecule has 5 atom stereocenters. The number of hydrogen-bond donors (Lipinski definition) is 4. The van der Waals surface area contributed by atoms with Crippen LogP contribution in [-0.4, -0.2) is 51.3 Å². The van der Waals surface area contributed by atoms with Crippen LogP contribution in [0.3, 0.4) is 0 Å². The summed E-state index contributed by atoms with van der Waals surface area (Å²) in [5.41, 5.74) is -0.839. The van der Waals surface area contributed by atoms with Crippen LogP contribution in [-0.2, 0) is 11.0 Å². The fraction of sp³-hybridized carbons (Fsp3) is 0.609. The van der Waals surface area contributed by atoms with Crippen molar-refractivity contribution in [3.05, 3.63) is 42.0 Å². The number of unbranched alkanes of at least 4 members (excludes halogenated alkanes) is 3. The predicted molar refractivity (Wildman–Crippen MR) is 111 cm³/mol. The van der Waals surface area contributed by atoms with E-state index in [-0.39, 0.29) is 37.0 Å². The third-order valence-electron chi connectivity index (χ3n) is 5.73. The maximum Gasteiger partial charge on any atom is 0.416 e. The van der Waals surface area contributed by atoms with Gasteiger partial charge in [-0.2, -0.15) is 13.2 Å². The van der Waals surface area contributed by atoms with Gasteiger partial charge in [-0.1, -0.05) is 37.5 Å². The Morgan fingerprint density at radius 3 is 2.56 bits per heavy atom. The fourth-order valence-electron chi connectivity index (χ4n) is 4.04. The highest BCUT2D eigenvalue weighted by Crippen LogP contribution is 2.37. The number of aliphatic carboxylic acids is 1. The van der Waals surface area contributed by atoms with E-state index in [2.05, 4.69) is 0 Å². The van der Waals surface area contributed by atoms with Crippen LogP contribution in [0.2, 0.25) is 0 Å². The maximum absolute atomic E-state index is 12.8. The van der Waals surface area contributed by atoms with Crippen LogP contribution < -0.4 is 4.74 Å². The van der Waals surface area contributed by atoms with Gasteiger partial charge in [0.05, 0.1) is 17.8 Å². The van der Waals surface area contributed by atoms with E-state index in [0.717, 1.165) is 31.4 Å². The van der Waals surface area contributed by atoms with Gasteiger partial charge in [0.15, 0.2) is 0 Å². The van der Waals surface area contributed by atoms with Gasteiger partial charge < -0.3 is 25.2 Å². The van der Waals surface area contributed by atoms with E-state index in [1.54, 1.807) is 6.08 Å². The second-order valence-corrected chi connectivity index (χ2v) is 8.25. The molecule has 0 saturated heterocycles. The summed E-state index contributed by atoms with van der Waals surface area (Å²) in [5.74, 6) is -1.37. The van der Waals surface area contributed by atoms with Crippen molar-refractivity contribution in [1.82, 2.24) is 0 Å². The lowest BCUT2D eigenvalue weighted by molar-refractivity contribution is -0.138. The van der Waals surface area contributed by atoms with Crippen LogP contribution >= 0.6 is 0 Å². The number of rotatable bonds is 12. The van der Waals surface area contributed by atoms with E-state index in [1.165, 1.54) is 18.2 Å². The van der Waals surface area contributed by atoms with E-state index in [4.69, 9.17) is 9.84 Å². The van der Waals surface area contributed by atoms with Crippen molar-refractivity contribution < 1.29 is 43.1 Å². The first-order valence-electron chi connectivity index (χ1n) is 10.8. The molecule has 0 aromatic heterocycles. The van der Waals surface area contributed by atoms with Gasteiger partial charge in [-0.05, 0) is 37.0 Å². The van der Waals surface area contributed by atoms with Gasteiger partial charge in [0, 0.05) is 18.8 Å². The molecule has 6 nitrogen and oxygen atoms in total. The molecule has 1 aromatic carbocycles. The molecule has 0 amide bonds. The van der Waals surface area contributed by atoms with Crippen LogP contribution in [0, 0.1) is 11.8 Å². The van der Waals surface area contributed by atoms with E-state index >= 15 is 0 Å². The standard InChI is InChI=1S/C23H31F3O6/c24-23(25,26)15-6-5-7-17(12-15)32-14-16(27)10-11-19-18(20(28)13-21(19)29)8-3-1-2-4-9-22(30)31/h5-7,10-12,16,18-21,27-29H,1-4,8-9,13-14H2,(H,30,31)/b11-10+/t16-,18-,19-,20+,21-/m1/s1. The lowest BCUT2D eigenvalue weighted by Crippen LogP contribution is -2.22. The highest BCUT2D eigenvalue weighted by atomic mass is 19.4. The number of aliphatic hydroxyl groups is 3. The second kappa shape index (κ2) is 12.2. The lowest BCUT2D eigenvalue weighted by atomic mass is 9.88. The molecule has 9 heteroatoms. The summed E-state index contributed by atoms with van der Waals surface area (Å²) in [6.45, 7) is -0.253. The molecule has 0 unspecified atom stereocenters. The fourth-order valence-corrected chi connectivity index (χ4v) is 4.04. The molecular formula is C23H31F3O6. The normalized spacial score (nSPS) is 24.7. The first-order valence-corrected chi connectivity index (χ1v) is 10.8. The Bertz CT molecular complexity index is 751. The smallest absolute Gasteiger partial charge is 0.416 e. The largest absolute Gasteiger partial charge is 0.491 e. The summed E-state index contributed by atoms with van der Waals surface area (Å²) in [4.78, 5) is 10.5. The Morgan fingerprint density at radius 2 is 1.88 bits per heavy atom. The Balaban J connectivity index is 1.83. The monoisotopic (exact) mass is 460 g/mol. The van der Waals surface area contributed by atoms with Crippen molar-refractivity contribution in [2.24, 2.45) is 11.8 Å². The minimum Gasteiger partial charge on any atom is -0.491 e. The lowest BCUT2D eigenvalue weighted by Gasteiger charge is -2.21. The summed E-state index contributed by atoms with van der Waals surface area (Å²) in [7, 11) is 0. The third-order valence-corrected chi connectivity index (χ3v) is 5.73. The molecule has 0 radical (unpaired) electrons. The van der Waals surface area contributed by atoms with Gasteiger partial charge in [0.2, 0.25) is 0 Å². The van der Waals surface area contributed by atoms with Crippen molar-refractivity contribution in [2.75, 3.05) is 6.61 Å². The summed E-state index contributed by atoms with van der Waals surface area (Å²) in [6, 6.07) is 4.39. The second-order valence-electron chi connectivity index (χ2n) is 8.25. The Hall–Kier alpha value is -2.10. The molecule has 0 bridgehead atoms. The van der Waals surface area contributed by atoms with Crippen molar-refractivity contribution in [2.45, 2.75) is 69.4 Å². The minimum atomic E-state index is -4.48. The molecule has 1 aliphatic carbocycles. The first-order chi connectivity index (χ1) is 15.1. The Morgan fingerprint density at radius 1 is 1.16 bits per heavy atom. The SMILES string of the molecule is O=C(O)CCCCCC[C@@H]1[C@@H](/C=C/[C@@H](O)COc2cccc(C(F)(F)F)c2)[C@H](O)C[C@@H]1O. The van der Waals surface area contributed by atoms with Crippen molar-refractivity contribution in [3.8, 4) is 5.75 Å². The van der Waals surface area contributed by atoms with Crippen molar-refractivity contribution in [1.29, 1.82) is 0 Å². The Labute approximate surface area is 185 Å². The summed E-state index contributed by atoms with van der Waals surface area (Å²) < 4.78 is 43.5.